The third kappa shape index (κ3) is 5.47. The summed E-state index contributed by atoms with van der Waals surface area (Å²) in [5.41, 5.74) is -0.112. The van der Waals surface area contributed by atoms with E-state index in [4.69, 9.17) is 0 Å². The largest absolute Gasteiger partial charge is 0.351 e. The van der Waals surface area contributed by atoms with E-state index in [0.29, 0.717) is 6.42 Å². The Morgan fingerprint density at radius 1 is 1.19 bits per heavy atom. The number of piperazine rings is 1. The predicted molar refractivity (Wildman–Crippen MR) is 66.4 cm³/mol. The Kier molecular flexibility index (Phi) is 4.74. The monoisotopic (exact) mass is 227 g/mol. The van der Waals surface area contributed by atoms with Gasteiger partial charge in [0.25, 0.3) is 0 Å². The van der Waals surface area contributed by atoms with Crippen molar-refractivity contribution in [2.24, 2.45) is 0 Å². The molecule has 1 aliphatic heterocycles. The Morgan fingerprint density at radius 2 is 1.75 bits per heavy atom. The van der Waals surface area contributed by atoms with Gasteiger partial charge in [0.05, 0.1) is 0 Å². The summed E-state index contributed by atoms with van der Waals surface area (Å²) >= 11 is 0. The average molecular weight is 227 g/mol. The highest BCUT2D eigenvalue weighted by atomic mass is 16.1. The van der Waals surface area contributed by atoms with Crippen LogP contribution in [0.4, 0.5) is 0 Å². The first-order valence-corrected chi connectivity index (χ1v) is 6.09. The van der Waals surface area contributed by atoms with Crippen LogP contribution in [-0.4, -0.2) is 61.0 Å². The first-order valence-electron chi connectivity index (χ1n) is 6.09. The quantitative estimate of drug-likeness (QED) is 0.764. The van der Waals surface area contributed by atoms with E-state index in [2.05, 4.69) is 22.2 Å². The molecule has 1 N–H and O–H groups in total. The molecule has 4 nitrogen and oxygen atoms in total. The molecule has 0 radical (unpaired) electrons. The smallest absolute Gasteiger partial charge is 0.221 e. The summed E-state index contributed by atoms with van der Waals surface area (Å²) in [7, 11) is 2.14. The Balaban J connectivity index is 2.17. The molecule has 0 aromatic heterocycles. The molecule has 16 heavy (non-hydrogen) atoms. The molecule has 1 saturated heterocycles. The maximum Gasteiger partial charge on any atom is 0.221 e. The zero-order valence-corrected chi connectivity index (χ0v) is 11.0. The predicted octanol–water partition coefficient (Wildman–Crippen LogP) is 0.539. The number of hydrogen-bond donors (Lipinski definition) is 1. The van der Waals surface area contributed by atoms with Crippen LogP contribution < -0.4 is 5.32 Å². The van der Waals surface area contributed by atoms with Crippen LogP contribution in [0.15, 0.2) is 0 Å². The molecule has 4 heteroatoms. The van der Waals surface area contributed by atoms with E-state index in [9.17, 15) is 4.79 Å². The summed E-state index contributed by atoms with van der Waals surface area (Å²) in [5.74, 6) is 0.159. The van der Waals surface area contributed by atoms with Crippen molar-refractivity contribution < 1.29 is 4.79 Å². The van der Waals surface area contributed by atoms with Gasteiger partial charge in [-0.05, 0) is 27.8 Å². The third-order valence-corrected chi connectivity index (χ3v) is 2.77. The first-order chi connectivity index (χ1) is 7.37. The number of carbonyl (C=O) groups excluding carboxylic acids is 1. The van der Waals surface area contributed by atoms with E-state index < -0.39 is 0 Å². The lowest BCUT2D eigenvalue weighted by molar-refractivity contribution is -0.122. The molecule has 1 rings (SSSR count). The van der Waals surface area contributed by atoms with Gasteiger partial charge in [-0.3, -0.25) is 4.79 Å². The molecule has 1 amide bonds. The van der Waals surface area contributed by atoms with Gasteiger partial charge in [0.15, 0.2) is 0 Å². The van der Waals surface area contributed by atoms with Crippen molar-refractivity contribution in [1.82, 2.24) is 15.1 Å². The Labute approximate surface area is 99.0 Å². The molecule has 0 aromatic rings. The molecular formula is C12H25N3O. The first kappa shape index (κ1) is 13.5. The average Bonchev–Trinajstić information content (AvgIpc) is 2.14. The summed E-state index contributed by atoms with van der Waals surface area (Å²) in [4.78, 5) is 16.3. The SMILES string of the molecule is CN1CCN(CCC(=O)NC(C)(C)C)CC1. The van der Waals surface area contributed by atoms with Gasteiger partial charge in [-0.15, -0.1) is 0 Å². The fraction of sp³-hybridized carbons (Fsp3) is 0.917. The number of likely N-dealkylation sites (N-methyl/N-ethyl adjacent to an activating group) is 1. The molecule has 0 aliphatic carbocycles. The van der Waals surface area contributed by atoms with Gasteiger partial charge in [0, 0.05) is 44.7 Å². The van der Waals surface area contributed by atoms with E-state index in [-0.39, 0.29) is 11.4 Å². The van der Waals surface area contributed by atoms with Crippen molar-refractivity contribution in [3.05, 3.63) is 0 Å². The minimum atomic E-state index is -0.112. The number of carbonyl (C=O) groups is 1. The van der Waals surface area contributed by atoms with Crippen molar-refractivity contribution in [3.8, 4) is 0 Å². The Bertz CT molecular complexity index is 227. The van der Waals surface area contributed by atoms with E-state index in [0.717, 1.165) is 32.7 Å². The maximum atomic E-state index is 11.6. The number of nitrogens with one attached hydrogen (secondary N) is 1. The van der Waals surface area contributed by atoms with Crippen molar-refractivity contribution in [2.75, 3.05) is 39.8 Å². The molecule has 0 aromatic carbocycles. The van der Waals surface area contributed by atoms with Crippen molar-refractivity contribution in [1.29, 1.82) is 0 Å². The Hall–Kier alpha value is -0.610. The molecule has 0 bridgehead atoms. The molecule has 1 aliphatic rings. The lowest BCUT2D eigenvalue weighted by atomic mass is 10.1. The van der Waals surface area contributed by atoms with Gasteiger partial charge in [-0.1, -0.05) is 0 Å². The van der Waals surface area contributed by atoms with E-state index >= 15 is 0 Å². The van der Waals surface area contributed by atoms with Crippen LogP contribution in [0.1, 0.15) is 27.2 Å². The lowest BCUT2D eigenvalue weighted by Crippen LogP contribution is -2.46. The summed E-state index contributed by atoms with van der Waals surface area (Å²) < 4.78 is 0. The molecule has 1 fully saturated rings. The molecule has 0 atom stereocenters. The lowest BCUT2D eigenvalue weighted by Gasteiger charge is -2.32. The number of hydrogen-bond acceptors (Lipinski definition) is 3. The third-order valence-electron chi connectivity index (χ3n) is 2.77. The molecular weight excluding hydrogens is 202 g/mol. The number of nitrogens with zero attached hydrogens (tertiary/aromatic N) is 2. The standard InChI is InChI=1S/C12H25N3O/c1-12(2,3)13-11(16)5-6-15-9-7-14(4)8-10-15/h5-10H2,1-4H3,(H,13,16). The van der Waals surface area contributed by atoms with Crippen LogP contribution in [-0.2, 0) is 4.79 Å². The van der Waals surface area contributed by atoms with Gasteiger partial charge in [-0.2, -0.15) is 0 Å². The number of amides is 1. The van der Waals surface area contributed by atoms with Crippen molar-refractivity contribution in [3.63, 3.8) is 0 Å². The van der Waals surface area contributed by atoms with Crippen LogP contribution in [0.2, 0.25) is 0 Å². The van der Waals surface area contributed by atoms with Crippen LogP contribution in [0.3, 0.4) is 0 Å². The Morgan fingerprint density at radius 3 is 2.25 bits per heavy atom. The molecule has 0 spiro atoms. The fourth-order valence-corrected chi connectivity index (χ4v) is 1.81. The summed E-state index contributed by atoms with van der Waals surface area (Å²) in [6, 6.07) is 0. The zero-order valence-electron chi connectivity index (χ0n) is 11.0. The number of rotatable bonds is 3. The van der Waals surface area contributed by atoms with Crippen molar-refractivity contribution in [2.45, 2.75) is 32.7 Å². The second-order valence-electron chi connectivity index (χ2n) is 5.69. The van der Waals surface area contributed by atoms with Gasteiger partial charge in [-0.25, -0.2) is 0 Å². The van der Waals surface area contributed by atoms with Crippen LogP contribution in [0.25, 0.3) is 0 Å². The second kappa shape index (κ2) is 5.64. The second-order valence-corrected chi connectivity index (χ2v) is 5.69. The highest BCUT2D eigenvalue weighted by Crippen LogP contribution is 2.02. The van der Waals surface area contributed by atoms with E-state index in [1.54, 1.807) is 0 Å². The summed E-state index contributed by atoms with van der Waals surface area (Å²) in [6.07, 6.45) is 0.612. The summed E-state index contributed by atoms with van der Waals surface area (Å²) in [6.45, 7) is 11.3. The molecule has 0 unspecified atom stereocenters. The highest BCUT2D eigenvalue weighted by Gasteiger charge is 2.17. The zero-order chi connectivity index (χ0) is 12.2. The van der Waals surface area contributed by atoms with Gasteiger partial charge >= 0.3 is 0 Å². The van der Waals surface area contributed by atoms with Crippen LogP contribution in [0.5, 0.6) is 0 Å². The van der Waals surface area contributed by atoms with Gasteiger partial charge in [0.2, 0.25) is 5.91 Å². The highest BCUT2D eigenvalue weighted by molar-refractivity contribution is 5.76. The van der Waals surface area contributed by atoms with E-state index in [1.807, 2.05) is 20.8 Å². The van der Waals surface area contributed by atoms with Crippen LogP contribution >= 0.6 is 0 Å². The van der Waals surface area contributed by atoms with Crippen LogP contribution in [0, 0.1) is 0 Å². The van der Waals surface area contributed by atoms with Crippen molar-refractivity contribution >= 4 is 5.91 Å². The minimum absolute atomic E-state index is 0.112. The van der Waals surface area contributed by atoms with Gasteiger partial charge < -0.3 is 15.1 Å². The minimum Gasteiger partial charge on any atom is -0.351 e. The molecule has 1 heterocycles. The van der Waals surface area contributed by atoms with E-state index in [1.165, 1.54) is 0 Å². The maximum absolute atomic E-state index is 11.6. The summed E-state index contributed by atoms with van der Waals surface area (Å²) in [5, 5.41) is 2.99. The normalized spacial score (nSPS) is 19.8. The molecule has 94 valence electrons. The fourth-order valence-electron chi connectivity index (χ4n) is 1.81. The van der Waals surface area contributed by atoms with Gasteiger partial charge in [0.1, 0.15) is 0 Å². The molecule has 0 saturated carbocycles. The topological polar surface area (TPSA) is 35.6 Å².